The number of pyridine rings is 1. The minimum atomic E-state index is -0.553. The molecule has 6 heteroatoms. The Morgan fingerprint density at radius 3 is 2.80 bits per heavy atom. The van der Waals surface area contributed by atoms with Gasteiger partial charge in [-0.1, -0.05) is 11.6 Å². The summed E-state index contributed by atoms with van der Waals surface area (Å²) in [5.41, 5.74) is 1.55. The zero-order chi connectivity index (χ0) is 14.7. The fourth-order valence-corrected chi connectivity index (χ4v) is 1.86. The molecule has 1 heterocycles. The van der Waals surface area contributed by atoms with Crippen LogP contribution in [0.1, 0.15) is 15.9 Å². The van der Waals surface area contributed by atoms with Crippen LogP contribution in [0.25, 0.3) is 0 Å². The highest BCUT2D eigenvalue weighted by molar-refractivity contribution is 6.30. The van der Waals surface area contributed by atoms with E-state index in [0.29, 0.717) is 22.1 Å². The number of anilines is 2. The maximum Gasteiger partial charge on any atom is 0.341 e. The molecule has 0 fully saturated rings. The highest BCUT2D eigenvalue weighted by Gasteiger charge is 2.15. The molecule has 20 heavy (non-hydrogen) atoms. The van der Waals surface area contributed by atoms with Crippen LogP contribution < -0.4 is 5.32 Å². The van der Waals surface area contributed by atoms with E-state index < -0.39 is 5.97 Å². The van der Waals surface area contributed by atoms with Gasteiger partial charge in [0.1, 0.15) is 17.2 Å². The van der Waals surface area contributed by atoms with E-state index in [2.05, 4.69) is 15.0 Å². The summed E-state index contributed by atoms with van der Waals surface area (Å²) in [7, 11) is 1.27. The van der Waals surface area contributed by atoms with Crippen LogP contribution in [0.3, 0.4) is 0 Å². The van der Waals surface area contributed by atoms with Crippen molar-refractivity contribution in [2.24, 2.45) is 0 Å². The Kier molecular flexibility index (Phi) is 4.20. The molecule has 0 atom stereocenters. The fraction of sp³-hybridized carbons (Fsp3) is 0.143. The number of aromatic nitrogens is 1. The number of esters is 1. The van der Waals surface area contributed by atoms with E-state index >= 15 is 0 Å². The summed E-state index contributed by atoms with van der Waals surface area (Å²) in [6.07, 6.45) is 1.41. The number of carbonyl (C=O) groups is 1. The molecule has 1 N–H and O–H groups in total. The van der Waals surface area contributed by atoms with Crippen LogP contribution in [0.2, 0.25) is 5.02 Å². The Hall–Kier alpha value is -2.14. The molecule has 1 aromatic carbocycles. The third kappa shape index (κ3) is 3.05. The van der Waals surface area contributed by atoms with Crippen molar-refractivity contribution in [1.82, 2.24) is 4.98 Å². The van der Waals surface area contributed by atoms with Crippen LogP contribution in [-0.2, 0) is 4.74 Å². The zero-order valence-corrected chi connectivity index (χ0v) is 11.7. The first-order valence-corrected chi connectivity index (χ1v) is 6.16. The molecule has 2 aromatic rings. The highest BCUT2D eigenvalue weighted by atomic mass is 35.5. The molecule has 0 saturated heterocycles. The third-order valence-corrected chi connectivity index (χ3v) is 2.91. The van der Waals surface area contributed by atoms with Crippen LogP contribution in [0.5, 0.6) is 0 Å². The topological polar surface area (TPSA) is 51.2 Å². The maximum atomic E-state index is 13.1. The predicted octanol–water partition coefficient (Wildman–Crippen LogP) is 3.71. The molecule has 104 valence electrons. The summed E-state index contributed by atoms with van der Waals surface area (Å²) in [5.74, 6) is -0.580. The average molecular weight is 295 g/mol. The van der Waals surface area contributed by atoms with Gasteiger partial charge >= 0.3 is 5.97 Å². The number of hydrogen-bond donors (Lipinski definition) is 1. The van der Waals surface area contributed by atoms with Gasteiger partial charge in [0.25, 0.3) is 0 Å². The monoisotopic (exact) mass is 294 g/mol. The summed E-state index contributed by atoms with van der Waals surface area (Å²) in [6, 6.07) is 5.74. The number of carbonyl (C=O) groups excluding carboxylic acids is 1. The van der Waals surface area contributed by atoms with E-state index in [1.807, 2.05) is 0 Å². The smallest absolute Gasteiger partial charge is 0.341 e. The van der Waals surface area contributed by atoms with Crippen molar-refractivity contribution >= 4 is 29.1 Å². The van der Waals surface area contributed by atoms with Crippen LogP contribution in [0.4, 0.5) is 15.9 Å². The number of nitrogens with zero attached hydrogens (tertiary/aromatic N) is 1. The molecule has 0 bridgehead atoms. The van der Waals surface area contributed by atoms with Crippen molar-refractivity contribution in [2.45, 2.75) is 6.92 Å². The van der Waals surface area contributed by atoms with Crippen molar-refractivity contribution in [3.63, 3.8) is 0 Å². The summed E-state index contributed by atoms with van der Waals surface area (Å²) >= 11 is 5.83. The van der Waals surface area contributed by atoms with Gasteiger partial charge in [0, 0.05) is 11.9 Å². The molecule has 0 unspecified atom stereocenters. The van der Waals surface area contributed by atoms with Crippen molar-refractivity contribution < 1.29 is 13.9 Å². The second kappa shape index (κ2) is 5.88. The van der Waals surface area contributed by atoms with Crippen molar-refractivity contribution in [2.75, 3.05) is 12.4 Å². The maximum absolute atomic E-state index is 13.1. The first-order chi connectivity index (χ1) is 9.51. The molecule has 4 nitrogen and oxygen atoms in total. The van der Waals surface area contributed by atoms with Crippen LogP contribution in [0.15, 0.2) is 30.5 Å². The van der Waals surface area contributed by atoms with Crippen molar-refractivity contribution in [3.05, 3.63) is 52.4 Å². The first kappa shape index (κ1) is 14.3. The Bertz CT molecular complexity index is 662. The van der Waals surface area contributed by atoms with Gasteiger partial charge in [-0.25, -0.2) is 14.2 Å². The van der Waals surface area contributed by atoms with Crippen molar-refractivity contribution in [3.8, 4) is 0 Å². The van der Waals surface area contributed by atoms with Crippen LogP contribution in [0, 0.1) is 12.7 Å². The molecule has 0 radical (unpaired) electrons. The molecule has 0 amide bonds. The lowest BCUT2D eigenvalue weighted by Gasteiger charge is -2.12. The van der Waals surface area contributed by atoms with Gasteiger partial charge in [-0.2, -0.15) is 0 Å². The minimum Gasteiger partial charge on any atom is -0.465 e. The molecule has 0 saturated carbocycles. The zero-order valence-electron chi connectivity index (χ0n) is 10.9. The van der Waals surface area contributed by atoms with E-state index in [0.717, 1.165) is 0 Å². The molecule has 2 rings (SSSR count). The second-order valence-corrected chi connectivity index (χ2v) is 4.56. The van der Waals surface area contributed by atoms with Gasteiger partial charge in [0.15, 0.2) is 0 Å². The largest absolute Gasteiger partial charge is 0.465 e. The molecular weight excluding hydrogens is 283 g/mol. The van der Waals surface area contributed by atoms with E-state index in [-0.39, 0.29) is 11.4 Å². The Morgan fingerprint density at radius 1 is 1.40 bits per heavy atom. The fourth-order valence-electron chi connectivity index (χ4n) is 1.70. The number of ether oxygens (including phenoxy) is 1. The van der Waals surface area contributed by atoms with Crippen molar-refractivity contribution in [1.29, 1.82) is 0 Å². The number of nitrogens with one attached hydrogen (secondary N) is 1. The second-order valence-electron chi connectivity index (χ2n) is 4.13. The molecule has 0 aliphatic heterocycles. The third-order valence-electron chi connectivity index (χ3n) is 2.70. The Labute approximate surface area is 120 Å². The SMILES string of the molecule is COC(=O)c1cc(Cl)cnc1Nc1ccc(F)cc1C. The number of rotatable bonds is 3. The lowest BCUT2D eigenvalue weighted by molar-refractivity contribution is 0.0601. The van der Waals surface area contributed by atoms with E-state index in [4.69, 9.17) is 11.6 Å². The summed E-state index contributed by atoms with van der Waals surface area (Å²) < 4.78 is 17.7. The highest BCUT2D eigenvalue weighted by Crippen LogP contribution is 2.24. The standard InChI is InChI=1S/C14H12ClFN2O2/c1-8-5-10(16)3-4-12(8)18-13-11(14(19)20-2)6-9(15)7-17-13/h3-7H,1-2H3,(H,17,18). The number of halogens is 2. The van der Waals surface area contributed by atoms with Gasteiger partial charge in [-0.15, -0.1) is 0 Å². The van der Waals surface area contributed by atoms with Gasteiger partial charge in [0.2, 0.25) is 0 Å². The quantitative estimate of drug-likeness (QED) is 0.877. The van der Waals surface area contributed by atoms with E-state index in [1.165, 1.54) is 31.5 Å². The van der Waals surface area contributed by atoms with Gasteiger partial charge in [-0.05, 0) is 36.8 Å². The molecule has 1 aromatic heterocycles. The van der Waals surface area contributed by atoms with Gasteiger partial charge in [-0.3, -0.25) is 0 Å². The average Bonchev–Trinajstić information content (AvgIpc) is 2.42. The lowest BCUT2D eigenvalue weighted by atomic mass is 10.2. The van der Waals surface area contributed by atoms with E-state index in [1.54, 1.807) is 13.0 Å². The number of aryl methyl sites for hydroxylation is 1. The molecule has 0 aliphatic rings. The minimum absolute atomic E-state index is 0.212. The lowest BCUT2D eigenvalue weighted by Crippen LogP contribution is -2.08. The summed E-state index contributed by atoms with van der Waals surface area (Å²) in [6.45, 7) is 1.75. The predicted molar refractivity (Wildman–Crippen MR) is 75.0 cm³/mol. The molecular formula is C14H12ClFN2O2. The van der Waals surface area contributed by atoms with Gasteiger partial charge in [0.05, 0.1) is 12.1 Å². The summed E-state index contributed by atoms with van der Waals surface area (Å²) in [5, 5.41) is 3.30. The summed E-state index contributed by atoms with van der Waals surface area (Å²) in [4.78, 5) is 15.8. The normalized spacial score (nSPS) is 10.2. The number of benzene rings is 1. The Morgan fingerprint density at radius 2 is 2.15 bits per heavy atom. The van der Waals surface area contributed by atoms with Gasteiger partial charge < -0.3 is 10.1 Å². The number of methoxy groups -OCH3 is 1. The van der Waals surface area contributed by atoms with Crippen LogP contribution >= 0.6 is 11.6 Å². The van der Waals surface area contributed by atoms with Crippen LogP contribution in [-0.4, -0.2) is 18.1 Å². The molecule has 0 aliphatic carbocycles. The molecule has 0 spiro atoms. The van der Waals surface area contributed by atoms with E-state index in [9.17, 15) is 9.18 Å². The number of hydrogen-bond acceptors (Lipinski definition) is 4. The Balaban J connectivity index is 2.40. The first-order valence-electron chi connectivity index (χ1n) is 5.78.